The quantitative estimate of drug-likeness (QED) is 0.193. The molecular formula is C19H40O4S2Si. The minimum Gasteiger partial charge on any atom is -0.374 e. The maximum atomic E-state index is 11.8. The van der Waals surface area contributed by atoms with Crippen molar-refractivity contribution in [1.29, 1.82) is 0 Å². The standard InChI is InChI=1S/C19H40O4S2Si/c1-5-9-10-11-14-19(20)25-17-12-15-24-16-13-18-26(21-6-2,22-7-3)23-8-4/h5-18H2,1-4H3. The molecule has 0 aromatic heterocycles. The van der Waals surface area contributed by atoms with Gasteiger partial charge in [0.15, 0.2) is 5.12 Å². The molecule has 0 saturated heterocycles. The third kappa shape index (κ3) is 14.5. The smallest absolute Gasteiger partial charge is 0.374 e. The molecule has 0 bridgehead atoms. The van der Waals surface area contributed by atoms with Gasteiger partial charge in [-0.3, -0.25) is 4.79 Å². The highest BCUT2D eigenvalue weighted by Crippen LogP contribution is 2.20. The minimum atomic E-state index is -2.47. The van der Waals surface area contributed by atoms with Gasteiger partial charge < -0.3 is 13.3 Å². The second kappa shape index (κ2) is 18.8. The van der Waals surface area contributed by atoms with Crippen LogP contribution in [0.1, 0.15) is 72.6 Å². The molecule has 0 amide bonds. The van der Waals surface area contributed by atoms with Crippen molar-refractivity contribution < 1.29 is 18.1 Å². The van der Waals surface area contributed by atoms with Crippen molar-refractivity contribution >= 4 is 37.4 Å². The summed E-state index contributed by atoms with van der Waals surface area (Å²) < 4.78 is 17.6. The second-order valence-electron chi connectivity index (χ2n) is 6.08. The third-order valence-electron chi connectivity index (χ3n) is 3.79. The molecule has 4 nitrogen and oxygen atoms in total. The number of carbonyl (C=O) groups is 1. The van der Waals surface area contributed by atoms with Crippen LogP contribution in [0.25, 0.3) is 0 Å². The van der Waals surface area contributed by atoms with E-state index in [-0.39, 0.29) is 0 Å². The molecule has 0 aromatic rings. The van der Waals surface area contributed by atoms with Crippen molar-refractivity contribution in [2.75, 3.05) is 37.1 Å². The SMILES string of the molecule is CCCCCCC(=O)SCCCSCCC[Si](OCC)(OCC)OCC. The van der Waals surface area contributed by atoms with Crippen LogP contribution in [0.5, 0.6) is 0 Å². The molecule has 0 N–H and O–H groups in total. The highest BCUT2D eigenvalue weighted by Gasteiger charge is 2.39. The molecule has 0 spiro atoms. The van der Waals surface area contributed by atoms with Gasteiger partial charge in [0.1, 0.15) is 0 Å². The van der Waals surface area contributed by atoms with Crippen molar-refractivity contribution in [3.63, 3.8) is 0 Å². The Morgan fingerprint density at radius 1 is 0.769 bits per heavy atom. The summed E-state index contributed by atoms with van der Waals surface area (Å²) >= 11 is 3.47. The van der Waals surface area contributed by atoms with Crippen LogP contribution in [0.3, 0.4) is 0 Å². The van der Waals surface area contributed by atoms with E-state index in [0.717, 1.165) is 49.0 Å². The Kier molecular flexibility index (Phi) is 19.2. The molecular weight excluding hydrogens is 384 g/mol. The highest BCUT2D eigenvalue weighted by atomic mass is 32.2. The van der Waals surface area contributed by atoms with E-state index in [0.29, 0.717) is 24.9 Å². The molecule has 0 atom stereocenters. The van der Waals surface area contributed by atoms with Crippen LogP contribution in [0, 0.1) is 0 Å². The molecule has 7 heteroatoms. The number of unbranched alkanes of at least 4 members (excludes halogenated alkanes) is 3. The fourth-order valence-corrected chi connectivity index (χ4v) is 7.37. The Hall–Kier alpha value is 0.467. The fraction of sp³-hybridized carbons (Fsp3) is 0.947. The molecule has 156 valence electrons. The number of rotatable bonds is 19. The number of thioether (sulfide) groups is 2. The summed E-state index contributed by atoms with van der Waals surface area (Å²) in [5.41, 5.74) is 0. The molecule has 0 radical (unpaired) electrons. The minimum absolute atomic E-state index is 0.368. The summed E-state index contributed by atoms with van der Waals surface area (Å²) in [6.45, 7) is 10.1. The zero-order chi connectivity index (χ0) is 19.5. The molecule has 0 rings (SSSR count). The Balaban J connectivity index is 3.70. The predicted octanol–water partition coefficient (Wildman–Crippen LogP) is 5.78. The normalized spacial score (nSPS) is 11.8. The molecule has 26 heavy (non-hydrogen) atoms. The first-order valence-corrected chi connectivity index (χ1v) is 14.4. The van der Waals surface area contributed by atoms with E-state index in [1.165, 1.54) is 31.0 Å². The van der Waals surface area contributed by atoms with Gasteiger partial charge in [-0.2, -0.15) is 11.8 Å². The summed E-state index contributed by atoms with van der Waals surface area (Å²) in [5.74, 6) is 3.16. The number of carbonyl (C=O) groups excluding carboxylic acids is 1. The molecule has 0 aliphatic heterocycles. The van der Waals surface area contributed by atoms with Crippen LogP contribution in [0.2, 0.25) is 6.04 Å². The van der Waals surface area contributed by atoms with E-state index in [9.17, 15) is 4.79 Å². The molecule has 0 unspecified atom stereocenters. The van der Waals surface area contributed by atoms with Gasteiger partial charge in [-0.25, -0.2) is 0 Å². The molecule has 0 fully saturated rings. The first kappa shape index (κ1) is 26.5. The summed E-state index contributed by atoms with van der Waals surface area (Å²) in [6.07, 6.45) is 7.61. The van der Waals surface area contributed by atoms with Gasteiger partial charge in [0.05, 0.1) is 0 Å². The predicted molar refractivity (Wildman–Crippen MR) is 118 cm³/mol. The largest absolute Gasteiger partial charge is 0.500 e. The Bertz CT molecular complexity index is 316. The van der Waals surface area contributed by atoms with E-state index in [4.69, 9.17) is 13.3 Å². The topological polar surface area (TPSA) is 44.8 Å². The van der Waals surface area contributed by atoms with E-state index < -0.39 is 8.80 Å². The van der Waals surface area contributed by atoms with E-state index >= 15 is 0 Å². The van der Waals surface area contributed by atoms with Crippen LogP contribution in [0.15, 0.2) is 0 Å². The van der Waals surface area contributed by atoms with Crippen LogP contribution >= 0.6 is 23.5 Å². The van der Waals surface area contributed by atoms with Crippen molar-refractivity contribution in [1.82, 2.24) is 0 Å². The molecule has 0 aliphatic carbocycles. The summed E-state index contributed by atoms with van der Waals surface area (Å²) in [6, 6.07) is 0.889. The van der Waals surface area contributed by atoms with Crippen LogP contribution < -0.4 is 0 Å². The van der Waals surface area contributed by atoms with Crippen LogP contribution in [-0.2, 0) is 18.1 Å². The fourth-order valence-electron chi connectivity index (χ4n) is 2.61. The first-order valence-electron chi connectivity index (χ1n) is 10.3. The van der Waals surface area contributed by atoms with Crippen molar-refractivity contribution in [3.05, 3.63) is 0 Å². The number of hydrogen-bond donors (Lipinski definition) is 0. The van der Waals surface area contributed by atoms with Gasteiger partial charge in [0.25, 0.3) is 0 Å². The molecule has 0 heterocycles. The molecule has 0 saturated carbocycles. The van der Waals surface area contributed by atoms with Crippen molar-refractivity contribution in [3.8, 4) is 0 Å². The van der Waals surface area contributed by atoms with Gasteiger partial charge in [0, 0.05) is 38.0 Å². The maximum absolute atomic E-state index is 11.8. The van der Waals surface area contributed by atoms with Gasteiger partial charge >= 0.3 is 8.80 Å². The Morgan fingerprint density at radius 2 is 1.38 bits per heavy atom. The van der Waals surface area contributed by atoms with Crippen molar-refractivity contribution in [2.45, 2.75) is 78.7 Å². The number of hydrogen-bond acceptors (Lipinski definition) is 6. The van der Waals surface area contributed by atoms with Crippen LogP contribution in [0.4, 0.5) is 0 Å². The van der Waals surface area contributed by atoms with E-state index in [1.54, 1.807) is 0 Å². The van der Waals surface area contributed by atoms with Gasteiger partial charge in [-0.15, -0.1) is 0 Å². The third-order valence-corrected chi connectivity index (χ3v) is 9.12. The van der Waals surface area contributed by atoms with Crippen LogP contribution in [-0.4, -0.2) is 51.0 Å². The lowest BCUT2D eigenvalue weighted by atomic mass is 10.2. The van der Waals surface area contributed by atoms with Gasteiger partial charge in [0.2, 0.25) is 0 Å². The zero-order valence-corrected chi connectivity index (χ0v) is 20.0. The molecule has 0 aliphatic rings. The second-order valence-corrected chi connectivity index (χ2v) is 11.2. The van der Waals surface area contributed by atoms with Crippen molar-refractivity contribution in [2.24, 2.45) is 0 Å². The Labute approximate surface area is 171 Å². The highest BCUT2D eigenvalue weighted by molar-refractivity contribution is 8.13. The average Bonchev–Trinajstić information content (AvgIpc) is 2.62. The lowest BCUT2D eigenvalue weighted by Crippen LogP contribution is -2.46. The summed E-state index contributed by atoms with van der Waals surface area (Å²) in [7, 11) is -2.47. The van der Waals surface area contributed by atoms with Gasteiger partial charge in [-0.05, 0) is 51.5 Å². The summed E-state index contributed by atoms with van der Waals surface area (Å²) in [5, 5.41) is 0.368. The average molecular weight is 425 g/mol. The summed E-state index contributed by atoms with van der Waals surface area (Å²) in [4.78, 5) is 11.8. The van der Waals surface area contributed by atoms with Gasteiger partial charge in [-0.1, -0.05) is 37.9 Å². The zero-order valence-electron chi connectivity index (χ0n) is 17.3. The van der Waals surface area contributed by atoms with E-state index in [2.05, 4.69) is 6.92 Å². The molecule has 0 aromatic carbocycles. The monoisotopic (exact) mass is 424 g/mol. The first-order chi connectivity index (χ1) is 12.6. The lowest BCUT2D eigenvalue weighted by molar-refractivity contribution is -0.111. The maximum Gasteiger partial charge on any atom is 0.500 e. The lowest BCUT2D eigenvalue weighted by Gasteiger charge is -2.28. The van der Waals surface area contributed by atoms with E-state index in [1.807, 2.05) is 32.5 Å². The Morgan fingerprint density at radius 3 is 1.96 bits per heavy atom.